The highest BCUT2D eigenvalue weighted by Gasteiger charge is 1.99. The van der Waals surface area contributed by atoms with Crippen molar-refractivity contribution < 1.29 is 4.79 Å². The van der Waals surface area contributed by atoms with Crippen LogP contribution in [0.25, 0.3) is 6.08 Å². The molecule has 0 radical (unpaired) electrons. The molecular weight excluding hydrogens is 184 g/mol. The third-order valence-electron chi connectivity index (χ3n) is 2.23. The molecule has 0 saturated carbocycles. The third-order valence-corrected chi connectivity index (χ3v) is 2.23. The number of benzene rings is 1. The van der Waals surface area contributed by atoms with Gasteiger partial charge in [-0.15, -0.1) is 0 Å². The monoisotopic (exact) mass is 202 g/mol. The number of carbonyl (C=O) groups excluding carboxylic acids is 1. The summed E-state index contributed by atoms with van der Waals surface area (Å²) in [6.45, 7) is 4.27. The third kappa shape index (κ3) is 5.16. The molecule has 0 fully saturated rings. The average Bonchev–Trinajstić information content (AvgIpc) is 2.25. The van der Waals surface area contributed by atoms with E-state index in [1.54, 1.807) is 6.08 Å². The summed E-state index contributed by atoms with van der Waals surface area (Å²) in [6.07, 6.45) is 5.18. The normalized spacial score (nSPS) is 11.1. The van der Waals surface area contributed by atoms with Crippen LogP contribution in [0.3, 0.4) is 0 Å². The zero-order chi connectivity index (χ0) is 11.1. The second-order valence-electron chi connectivity index (χ2n) is 4.14. The van der Waals surface area contributed by atoms with Gasteiger partial charge >= 0.3 is 0 Å². The summed E-state index contributed by atoms with van der Waals surface area (Å²) in [4.78, 5) is 11.4. The van der Waals surface area contributed by atoms with Crippen LogP contribution in [0.2, 0.25) is 0 Å². The van der Waals surface area contributed by atoms with Gasteiger partial charge in [0.2, 0.25) is 0 Å². The van der Waals surface area contributed by atoms with E-state index in [9.17, 15) is 4.79 Å². The van der Waals surface area contributed by atoms with Gasteiger partial charge in [0.25, 0.3) is 0 Å². The highest BCUT2D eigenvalue weighted by Crippen LogP contribution is 2.06. The van der Waals surface area contributed by atoms with Crippen LogP contribution in [0.1, 0.15) is 32.3 Å². The van der Waals surface area contributed by atoms with Gasteiger partial charge in [0.05, 0.1) is 0 Å². The van der Waals surface area contributed by atoms with Crippen molar-refractivity contribution in [2.45, 2.75) is 26.7 Å². The maximum atomic E-state index is 11.4. The van der Waals surface area contributed by atoms with Crippen LogP contribution < -0.4 is 0 Å². The SMILES string of the molecule is CC(C)CCC(=O)C=Cc1ccccc1. The van der Waals surface area contributed by atoms with Crippen molar-refractivity contribution in [2.75, 3.05) is 0 Å². The molecule has 0 aliphatic rings. The lowest BCUT2D eigenvalue weighted by Crippen LogP contribution is -1.96. The molecule has 15 heavy (non-hydrogen) atoms. The van der Waals surface area contributed by atoms with Crippen molar-refractivity contribution in [3.05, 3.63) is 42.0 Å². The van der Waals surface area contributed by atoms with Gasteiger partial charge in [0.15, 0.2) is 5.78 Å². The van der Waals surface area contributed by atoms with Crippen LogP contribution >= 0.6 is 0 Å². The van der Waals surface area contributed by atoms with Crippen molar-refractivity contribution >= 4 is 11.9 Å². The largest absolute Gasteiger partial charge is 0.295 e. The van der Waals surface area contributed by atoms with Gasteiger partial charge in [-0.2, -0.15) is 0 Å². The Balaban J connectivity index is 2.41. The fraction of sp³-hybridized carbons (Fsp3) is 0.357. The van der Waals surface area contributed by atoms with Crippen LogP contribution in [-0.2, 0) is 4.79 Å². The first kappa shape index (κ1) is 11.7. The lowest BCUT2D eigenvalue weighted by atomic mass is 10.1. The summed E-state index contributed by atoms with van der Waals surface area (Å²) < 4.78 is 0. The van der Waals surface area contributed by atoms with Crippen molar-refractivity contribution in [2.24, 2.45) is 5.92 Å². The fourth-order valence-corrected chi connectivity index (χ4v) is 1.27. The first-order valence-electron chi connectivity index (χ1n) is 5.44. The number of rotatable bonds is 5. The molecule has 0 amide bonds. The molecule has 0 aliphatic heterocycles. The molecule has 0 heterocycles. The van der Waals surface area contributed by atoms with E-state index in [0.717, 1.165) is 12.0 Å². The van der Waals surface area contributed by atoms with Gasteiger partial charge in [-0.3, -0.25) is 4.79 Å². The minimum atomic E-state index is 0.215. The molecule has 1 nitrogen and oxygen atoms in total. The van der Waals surface area contributed by atoms with Crippen LogP contribution in [-0.4, -0.2) is 5.78 Å². The summed E-state index contributed by atoms with van der Waals surface area (Å²) in [5.41, 5.74) is 1.08. The average molecular weight is 202 g/mol. The van der Waals surface area contributed by atoms with Crippen LogP contribution in [0.5, 0.6) is 0 Å². The zero-order valence-corrected chi connectivity index (χ0v) is 9.44. The van der Waals surface area contributed by atoms with Crippen molar-refractivity contribution in [1.29, 1.82) is 0 Å². The molecule has 0 aliphatic carbocycles. The van der Waals surface area contributed by atoms with Gasteiger partial charge in [-0.05, 0) is 24.0 Å². The van der Waals surface area contributed by atoms with E-state index in [1.807, 2.05) is 36.4 Å². The van der Waals surface area contributed by atoms with E-state index in [2.05, 4.69) is 13.8 Å². The second-order valence-corrected chi connectivity index (χ2v) is 4.14. The molecule has 0 aromatic heterocycles. The molecule has 1 rings (SSSR count). The lowest BCUT2D eigenvalue weighted by molar-refractivity contribution is -0.114. The predicted octanol–water partition coefficient (Wildman–Crippen LogP) is 3.71. The minimum Gasteiger partial charge on any atom is -0.295 e. The molecule has 0 N–H and O–H groups in total. The number of allylic oxidation sites excluding steroid dienone is 1. The van der Waals surface area contributed by atoms with Crippen molar-refractivity contribution in [3.8, 4) is 0 Å². The lowest BCUT2D eigenvalue weighted by Gasteiger charge is -2.00. The van der Waals surface area contributed by atoms with E-state index >= 15 is 0 Å². The van der Waals surface area contributed by atoms with Gasteiger partial charge < -0.3 is 0 Å². The highest BCUT2D eigenvalue weighted by molar-refractivity contribution is 5.93. The van der Waals surface area contributed by atoms with Crippen molar-refractivity contribution in [1.82, 2.24) is 0 Å². The standard InChI is InChI=1S/C14H18O/c1-12(2)8-10-14(15)11-9-13-6-4-3-5-7-13/h3-7,9,11-12H,8,10H2,1-2H3. The Hall–Kier alpha value is -1.37. The van der Waals surface area contributed by atoms with Crippen LogP contribution in [0.15, 0.2) is 36.4 Å². The summed E-state index contributed by atoms with van der Waals surface area (Å²) >= 11 is 0. The van der Waals surface area contributed by atoms with E-state index in [-0.39, 0.29) is 5.78 Å². The maximum Gasteiger partial charge on any atom is 0.155 e. The molecule has 0 unspecified atom stereocenters. The summed E-state index contributed by atoms with van der Waals surface area (Å²) in [5.74, 6) is 0.812. The smallest absolute Gasteiger partial charge is 0.155 e. The molecule has 0 bridgehead atoms. The number of hydrogen-bond acceptors (Lipinski definition) is 1. The molecule has 1 aromatic rings. The molecule has 80 valence electrons. The first-order chi connectivity index (χ1) is 7.18. The van der Waals surface area contributed by atoms with Gasteiger partial charge in [-0.25, -0.2) is 0 Å². The molecule has 1 heteroatoms. The van der Waals surface area contributed by atoms with E-state index < -0.39 is 0 Å². The molecular formula is C14H18O. The van der Waals surface area contributed by atoms with Gasteiger partial charge in [0, 0.05) is 6.42 Å². The van der Waals surface area contributed by atoms with E-state index in [0.29, 0.717) is 12.3 Å². The Labute approximate surface area is 91.8 Å². The summed E-state index contributed by atoms with van der Waals surface area (Å²) in [7, 11) is 0. The molecule has 0 atom stereocenters. The topological polar surface area (TPSA) is 17.1 Å². The Morgan fingerprint density at radius 2 is 1.93 bits per heavy atom. The van der Waals surface area contributed by atoms with Gasteiger partial charge in [-0.1, -0.05) is 50.3 Å². The minimum absolute atomic E-state index is 0.215. The molecule has 0 saturated heterocycles. The zero-order valence-electron chi connectivity index (χ0n) is 9.44. The van der Waals surface area contributed by atoms with Gasteiger partial charge in [0.1, 0.15) is 0 Å². The fourth-order valence-electron chi connectivity index (χ4n) is 1.27. The Morgan fingerprint density at radius 1 is 1.27 bits per heavy atom. The number of carbonyl (C=O) groups is 1. The van der Waals surface area contributed by atoms with Crippen molar-refractivity contribution in [3.63, 3.8) is 0 Å². The van der Waals surface area contributed by atoms with E-state index in [1.165, 1.54) is 0 Å². The number of ketones is 1. The highest BCUT2D eigenvalue weighted by atomic mass is 16.1. The first-order valence-corrected chi connectivity index (χ1v) is 5.44. The Kier molecular flexibility index (Phi) is 4.82. The molecule has 0 spiro atoms. The van der Waals surface area contributed by atoms with Crippen LogP contribution in [0.4, 0.5) is 0 Å². The summed E-state index contributed by atoms with van der Waals surface area (Å²) in [5, 5.41) is 0. The maximum absolute atomic E-state index is 11.4. The van der Waals surface area contributed by atoms with E-state index in [4.69, 9.17) is 0 Å². The second kappa shape index (κ2) is 6.18. The number of hydrogen-bond donors (Lipinski definition) is 0. The Morgan fingerprint density at radius 3 is 2.53 bits per heavy atom. The summed E-state index contributed by atoms with van der Waals surface area (Å²) in [6, 6.07) is 9.90. The predicted molar refractivity (Wildman–Crippen MR) is 64.6 cm³/mol. The Bertz CT molecular complexity index is 322. The van der Waals surface area contributed by atoms with Crippen LogP contribution in [0, 0.1) is 5.92 Å². The molecule has 1 aromatic carbocycles. The quantitative estimate of drug-likeness (QED) is 0.665.